The second-order valence-electron chi connectivity index (χ2n) is 8.82. The molecule has 3 aromatic carbocycles. The molecule has 0 fully saturated rings. The van der Waals surface area contributed by atoms with Crippen molar-refractivity contribution in [2.24, 2.45) is 0 Å². The fourth-order valence-electron chi connectivity index (χ4n) is 4.29. The molecular weight excluding hydrogens is 412 g/mol. The van der Waals surface area contributed by atoms with Crippen molar-refractivity contribution in [2.75, 3.05) is 6.61 Å². The maximum absolute atomic E-state index is 13.6. The van der Waals surface area contributed by atoms with Gasteiger partial charge in [0.05, 0.1) is 6.61 Å². The Labute approximate surface area is 188 Å². The Balaban J connectivity index is 2.40. The topological polar surface area (TPSA) is 26.3 Å². The second kappa shape index (κ2) is 9.62. The van der Waals surface area contributed by atoms with Crippen molar-refractivity contribution in [3.8, 4) is 0 Å². The van der Waals surface area contributed by atoms with Gasteiger partial charge in [-0.1, -0.05) is 128 Å². The number of hydrogen-bond acceptors (Lipinski definition) is 2. The van der Waals surface area contributed by atoms with E-state index >= 15 is 0 Å². The van der Waals surface area contributed by atoms with Crippen LogP contribution in [-0.2, 0) is 9.53 Å². The lowest BCUT2D eigenvalue weighted by Crippen LogP contribution is -2.52. The first-order valence-corrected chi connectivity index (χ1v) is 16.9. The van der Waals surface area contributed by atoms with Gasteiger partial charge in [-0.25, -0.2) is 4.79 Å². The Morgan fingerprint density at radius 3 is 1.55 bits per heavy atom. The number of rotatable bonds is 7. The Bertz CT molecular complexity index is 1040. The van der Waals surface area contributed by atoms with E-state index in [0.29, 0.717) is 6.61 Å². The van der Waals surface area contributed by atoms with Crippen LogP contribution in [0.5, 0.6) is 0 Å². The van der Waals surface area contributed by atoms with E-state index in [2.05, 4.69) is 105 Å². The lowest BCUT2D eigenvalue weighted by atomic mass is 10.2. The third-order valence-corrected chi connectivity index (χ3v) is 13.3. The first kappa shape index (κ1) is 23.0. The van der Waals surface area contributed by atoms with Crippen LogP contribution in [0.15, 0.2) is 96.2 Å². The maximum Gasteiger partial charge on any atom is 0.330 e. The van der Waals surface area contributed by atoms with Gasteiger partial charge in [-0.05, 0) is 17.7 Å². The molecule has 0 unspecified atom stereocenters. The highest BCUT2D eigenvalue weighted by Gasteiger charge is 2.42. The SMILES string of the molecule is CCOC(=O)/C(=C(/c1ccccc1)[Si](C)(C)c1ccccc1)[Si](C)(C)c1ccccc1. The predicted molar refractivity (Wildman–Crippen MR) is 137 cm³/mol. The number of hydrogen-bond donors (Lipinski definition) is 0. The van der Waals surface area contributed by atoms with E-state index in [-0.39, 0.29) is 5.97 Å². The van der Waals surface area contributed by atoms with E-state index in [1.54, 1.807) is 0 Å². The molecule has 0 saturated carbocycles. The van der Waals surface area contributed by atoms with E-state index in [9.17, 15) is 4.79 Å². The van der Waals surface area contributed by atoms with Gasteiger partial charge in [-0.2, -0.15) is 0 Å². The summed E-state index contributed by atoms with van der Waals surface area (Å²) >= 11 is 0. The molecule has 0 radical (unpaired) electrons. The number of benzene rings is 3. The second-order valence-corrected chi connectivity index (χ2v) is 17.5. The van der Waals surface area contributed by atoms with E-state index in [0.717, 1.165) is 10.8 Å². The molecule has 3 aromatic rings. The zero-order valence-electron chi connectivity index (χ0n) is 19.2. The van der Waals surface area contributed by atoms with Gasteiger partial charge in [0, 0.05) is 5.20 Å². The molecule has 31 heavy (non-hydrogen) atoms. The largest absolute Gasteiger partial charge is 0.463 e. The van der Waals surface area contributed by atoms with E-state index in [1.165, 1.54) is 15.6 Å². The molecule has 2 nitrogen and oxygen atoms in total. The van der Waals surface area contributed by atoms with E-state index in [1.807, 2.05) is 19.1 Å². The van der Waals surface area contributed by atoms with Crippen molar-refractivity contribution in [1.82, 2.24) is 0 Å². The molecule has 0 heterocycles. The van der Waals surface area contributed by atoms with Gasteiger partial charge >= 0.3 is 5.97 Å². The summed E-state index contributed by atoms with van der Waals surface area (Å²) in [7, 11) is -4.59. The summed E-state index contributed by atoms with van der Waals surface area (Å²) < 4.78 is 5.71. The molecule has 0 aliphatic rings. The highest BCUT2D eigenvalue weighted by molar-refractivity contribution is 7.09. The lowest BCUT2D eigenvalue weighted by molar-refractivity contribution is -0.137. The summed E-state index contributed by atoms with van der Waals surface area (Å²) in [6.45, 7) is 11.5. The summed E-state index contributed by atoms with van der Waals surface area (Å²) in [4.78, 5) is 13.6. The molecule has 0 aliphatic carbocycles. The molecule has 3 rings (SSSR count). The van der Waals surface area contributed by atoms with Crippen molar-refractivity contribution < 1.29 is 9.53 Å². The molecule has 4 heteroatoms. The minimum absolute atomic E-state index is 0.168. The third-order valence-electron chi connectivity index (χ3n) is 6.03. The summed E-state index contributed by atoms with van der Waals surface area (Å²) in [6.07, 6.45) is 0. The van der Waals surface area contributed by atoms with Crippen LogP contribution in [0.1, 0.15) is 12.5 Å². The Morgan fingerprint density at radius 2 is 1.10 bits per heavy atom. The maximum atomic E-state index is 13.6. The first-order chi connectivity index (χ1) is 14.8. The van der Waals surface area contributed by atoms with Gasteiger partial charge in [0.2, 0.25) is 0 Å². The average Bonchev–Trinajstić information content (AvgIpc) is 2.79. The minimum atomic E-state index is -2.36. The van der Waals surface area contributed by atoms with Crippen LogP contribution >= 0.6 is 0 Å². The fourth-order valence-corrected chi connectivity index (χ4v) is 11.8. The van der Waals surface area contributed by atoms with Crippen LogP contribution in [0.4, 0.5) is 0 Å². The Morgan fingerprint density at radius 1 is 0.677 bits per heavy atom. The molecule has 0 aromatic heterocycles. The van der Waals surface area contributed by atoms with Crippen molar-refractivity contribution >= 4 is 37.7 Å². The van der Waals surface area contributed by atoms with E-state index < -0.39 is 16.1 Å². The van der Waals surface area contributed by atoms with Gasteiger partial charge in [0.1, 0.15) is 16.1 Å². The van der Waals surface area contributed by atoms with Crippen LogP contribution in [0, 0.1) is 0 Å². The quantitative estimate of drug-likeness (QED) is 0.280. The predicted octanol–water partition coefficient (Wildman–Crippen LogP) is 5.31. The van der Waals surface area contributed by atoms with Crippen LogP contribution in [0.3, 0.4) is 0 Å². The first-order valence-electron chi connectivity index (χ1n) is 10.9. The third kappa shape index (κ3) is 4.81. The van der Waals surface area contributed by atoms with Gasteiger partial charge in [-0.3, -0.25) is 0 Å². The molecule has 0 amide bonds. The van der Waals surface area contributed by atoms with Crippen LogP contribution in [-0.4, -0.2) is 28.7 Å². The van der Waals surface area contributed by atoms with E-state index in [4.69, 9.17) is 4.74 Å². The Hall–Kier alpha value is -2.70. The number of carbonyl (C=O) groups excluding carboxylic acids is 1. The number of ether oxygens (including phenoxy) is 1. The van der Waals surface area contributed by atoms with Crippen molar-refractivity contribution in [3.05, 3.63) is 102 Å². The zero-order valence-corrected chi connectivity index (χ0v) is 21.2. The molecule has 0 bridgehead atoms. The highest BCUT2D eigenvalue weighted by Crippen LogP contribution is 2.34. The summed E-state index contributed by atoms with van der Waals surface area (Å²) in [5, 5.41) is 4.64. The molecule has 0 spiro atoms. The van der Waals surface area contributed by atoms with Gasteiger partial charge in [0.25, 0.3) is 0 Å². The molecule has 160 valence electrons. The summed E-state index contributed by atoms with van der Waals surface area (Å²) in [5.74, 6) is -0.168. The fraction of sp³-hybridized carbons (Fsp3) is 0.222. The average molecular weight is 445 g/mol. The molecule has 0 N–H and O–H groups in total. The van der Waals surface area contributed by atoms with Gasteiger partial charge in [-0.15, -0.1) is 0 Å². The van der Waals surface area contributed by atoms with Crippen molar-refractivity contribution in [1.29, 1.82) is 0 Å². The monoisotopic (exact) mass is 444 g/mol. The summed E-state index contributed by atoms with van der Waals surface area (Å²) in [6, 6.07) is 31.6. The van der Waals surface area contributed by atoms with Gasteiger partial charge < -0.3 is 4.74 Å². The normalized spacial score (nSPS) is 12.8. The molecule has 0 atom stereocenters. The van der Waals surface area contributed by atoms with Gasteiger partial charge in [0.15, 0.2) is 0 Å². The number of carbonyl (C=O) groups is 1. The van der Waals surface area contributed by atoms with Crippen LogP contribution in [0.25, 0.3) is 5.20 Å². The lowest BCUT2D eigenvalue weighted by Gasteiger charge is -2.35. The standard InChI is InChI=1S/C27H32O2Si2/c1-6-29-27(28)26(31(4,5)24-20-14-9-15-21-24)25(22-16-10-7-11-17-22)30(2,3)23-18-12-8-13-19-23/h7-21H,6H2,1-5H3/b26-25+. The highest BCUT2D eigenvalue weighted by atomic mass is 28.3. The van der Waals surface area contributed by atoms with Crippen molar-refractivity contribution in [3.63, 3.8) is 0 Å². The van der Waals surface area contributed by atoms with Crippen LogP contribution in [0.2, 0.25) is 26.2 Å². The molecule has 0 aliphatic heterocycles. The minimum Gasteiger partial charge on any atom is -0.463 e. The summed E-state index contributed by atoms with van der Waals surface area (Å²) in [5.41, 5.74) is 1.13. The van der Waals surface area contributed by atoms with Crippen molar-refractivity contribution in [2.45, 2.75) is 33.1 Å². The Kier molecular flexibility index (Phi) is 7.13. The number of esters is 1. The molecule has 0 saturated heterocycles. The van der Waals surface area contributed by atoms with Crippen LogP contribution < -0.4 is 10.4 Å². The smallest absolute Gasteiger partial charge is 0.330 e. The molecular formula is C27H32O2Si2. The zero-order chi connectivity index (χ0) is 22.5.